The zero-order chi connectivity index (χ0) is 16.2. The van der Waals surface area contributed by atoms with Crippen molar-refractivity contribution in [3.63, 3.8) is 0 Å². The summed E-state index contributed by atoms with van der Waals surface area (Å²) in [6.07, 6.45) is 3.40. The Hall–Kier alpha value is -1.57. The summed E-state index contributed by atoms with van der Waals surface area (Å²) in [6.45, 7) is 13.2. The maximum atomic E-state index is 12.5. The van der Waals surface area contributed by atoms with E-state index in [2.05, 4.69) is 4.85 Å². The van der Waals surface area contributed by atoms with Gasteiger partial charge in [-0.05, 0) is 39.0 Å². The Labute approximate surface area is 131 Å². The van der Waals surface area contributed by atoms with E-state index in [4.69, 9.17) is 16.0 Å². The highest BCUT2D eigenvalue weighted by atomic mass is 16.6. The summed E-state index contributed by atoms with van der Waals surface area (Å²) in [5.74, 6) is -0.419. The van der Waals surface area contributed by atoms with Gasteiger partial charge in [-0.25, -0.2) is 11.4 Å². The van der Waals surface area contributed by atoms with Crippen molar-refractivity contribution in [2.24, 2.45) is 11.3 Å². The van der Waals surface area contributed by atoms with Crippen LogP contribution in [0.25, 0.3) is 4.85 Å². The molecule has 5 nitrogen and oxygen atoms in total. The molecule has 0 aromatic heterocycles. The van der Waals surface area contributed by atoms with Gasteiger partial charge in [0, 0.05) is 12.8 Å². The first kappa shape index (κ1) is 15.3. The van der Waals surface area contributed by atoms with Crippen molar-refractivity contribution in [3.05, 3.63) is 11.4 Å². The summed E-state index contributed by atoms with van der Waals surface area (Å²) >= 11 is 0. The van der Waals surface area contributed by atoms with Gasteiger partial charge < -0.3 is 9.47 Å². The predicted molar refractivity (Wildman–Crippen MR) is 78.7 cm³/mol. The highest BCUT2D eigenvalue weighted by Gasteiger charge is 2.66. The average molecular weight is 305 g/mol. The second-order valence-electron chi connectivity index (χ2n) is 7.87. The Morgan fingerprint density at radius 1 is 1.45 bits per heavy atom. The SMILES string of the molecule is [C-]#[N+]C12CC3CC(CC(OC(=O)C(C)(C)CC)(C3)C1)OC2=O. The van der Waals surface area contributed by atoms with Crippen LogP contribution in [0.3, 0.4) is 0 Å². The molecule has 0 aromatic carbocycles. The third-order valence-electron chi connectivity index (χ3n) is 5.71. The normalized spacial score (nSPS) is 39.8. The number of nitrogens with zero attached hydrogens (tertiary/aromatic N) is 1. The van der Waals surface area contributed by atoms with Gasteiger partial charge in [0.1, 0.15) is 11.7 Å². The molecular weight excluding hydrogens is 282 g/mol. The fraction of sp³-hybridized carbons (Fsp3) is 0.824. The number of rotatable bonds is 3. The number of fused-ring (bicyclic) bond motifs is 1. The molecule has 4 atom stereocenters. The van der Waals surface area contributed by atoms with Gasteiger partial charge in [0.25, 0.3) is 0 Å². The molecule has 0 radical (unpaired) electrons. The highest BCUT2D eigenvalue weighted by Crippen LogP contribution is 2.54. The molecule has 2 saturated carbocycles. The molecule has 4 unspecified atom stereocenters. The maximum Gasteiger partial charge on any atom is 0.393 e. The molecule has 4 bridgehead atoms. The molecule has 0 spiro atoms. The van der Waals surface area contributed by atoms with E-state index >= 15 is 0 Å². The number of hydrogen-bond donors (Lipinski definition) is 0. The molecule has 2 heterocycles. The van der Waals surface area contributed by atoms with Crippen LogP contribution in [0, 0.1) is 17.9 Å². The van der Waals surface area contributed by atoms with Gasteiger partial charge in [0.2, 0.25) is 0 Å². The number of hydrogen-bond acceptors (Lipinski definition) is 4. The number of carbonyl (C=O) groups excluding carboxylic acids is 2. The van der Waals surface area contributed by atoms with Crippen LogP contribution < -0.4 is 0 Å². The monoisotopic (exact) mass is 305 g/mol. The summed E-state index contributed by atoms with van der Waals surface area (Å²) in [4.78, 5) is 28.5. The van der Waals surface area contributed by atoms with E-state index in [-0.39, 0.29) is 18.0 Å². The van der Waals surface area contributed by atoms with Crippen LogP contribution in [0.5, 0.6) is 0 Å². The van der Waals surface area contributed by atoms with Crippen LogP contribution in [-0.2, 0) is 19.1 Å². The van der Waals surface area contributed by atoms with Crippen molar-refractivity contribution in [1.82, 2.24) is 0 Å². The van der Waals surface area contributed by atoms with E-state index in [9.17, 15) is 9.59 Å². The van der Waals surface area contributed by atoms with Crippen LogP contribution >= 0.6 is 0 Å². The van der Waals surface area contributed by atoms with E-state index in [0.29, 0.717) is 25.7 Å². The molecule has 2 aliphatic carbocycles. The molecule has 0 N–H and O–H groups in total. The highest BCUT2D eigenvalue weighted by molar-refractivity contribution is 5.85. The maximum absolute atomic E-state index is 12.5. The Morgan fingerprint density at radius 2 is 2.18 bits per heavy atom. The minimum Gasteiger partial charge on any atom is -0.458 e. The number of ether oxygens (including phenoxy) is 2. The van der Waals surface area contributed by atoms with E-state index in [0.717, 1.165) is 12.8 Å². The smallest absolute Gasteiger partial charge is 0.393 e. The van der Waals surface area contributed by atoms with Crippen molar-refractivity contribution >= 4 is 11.9 Å². The van der Waals surface area contributed by atoms with Crippen LogP contribution in [0.2, 0.25) is 0 Å². The molecule has 22 heavy (non-hydrogen) atoms. The average Bonchev–Trinajstić information content (AvgIpc) is 2.58. The van der Waals surface area contributed by atoms with Gasteiger partial charge in [-0.15, -0.1) is 0 Å². The van der Waals surface area contributed by atoms with Crippen molar-refractivity contribution < 1.29 is 19.1 Å². The minimum absolute atomic E-state index is 0.213. The summed E-state index contributed by atoms with van der Waals surface area (Å²) in [5.41, 5.74) is -2.40. The summed E-state index contributed by atoms with van der Waals surface area (Å²) < 4.78 is 11.5. The van der Waals surface area contributed by atoms with Crippen molar-refractivity contribution in [2.45, 2.75) is 76.5 Å². The van der Waals surface area contributed by atoms with Crippen molar-refractivity contribution in [2.75, 3.05) is 0 Å². The molecule has 0 aromatic rings. The predicted octanol–water partition coefficient (Wildman–Crippen LogP) is 2.88. The van der Waals surface area contributed by atoms with Gasteiger partial charge in [-0.2, -0.15) is 0 Å². The quantitative estimate of drug-likeness (QED) is 0.594. The molecule has 4 fully saturated rings. The zero-order valence-electron chi connectivity index (χ0n) is 13.5. The first-order valence-corrected chi connectivity index (χ1v) is 8.07. The van der Waals surface area contributed by atoms with Crippen LogP contribution in [0.1, 0.15) is 59.3 Å². The van der Waals surface area contributed by atoms with E-state index in [1.165, 1.54) is 0 Å². The van der Waals surface area contributed by atoms with Gasteiger partial charge in [-0.3, -0.25) is 9.64 Å². The third kappa shape index (κ3) is 2.20. The fourth-order valence-corrected chi connectivity index (χ4v) is 4.18. The molecule has 5 heteroatoms. The zero-order valence-corrected chi connectivity index (χ0v) is 13.5. The topological polar surface area (TPSA) is 57.0 Å². The minimum atomic E-state index is -1.15. The molecule has 4 aliphatic rings. The summed E-state index contributed by atoms with van der Waals surface area (Å²) in [7, 11) is 0. The fourth-order valence-electron chi connectivity index (χ4n) is 4.18. The molecule has 2 aliphatic heterocycles. The van der Waals surface area contributed by atoms with Gasteiger partial charge in [0.05, 0.1) is 11.8 Å². The standard InChI is InChI=1S/C17H23NO4/c1-5-15(2,3)13(19)22-16-7-11-6-12(9-16)21-14(20)17(8-11,10-16)18-4/h11-12H,5-10H2,1-3H3. The van der Waals surface area contributed by atoms with Crippen molar-refractivity contribution in [3.8, 4) is 0 Å². The van der Waals surface area contributed by atoms with Crippen LogP contribution in [0.4, 0.5) is 0 Å². The molecule has 2 saturated heterocycles. The molecule has 0 amide bonds. The lowest BCUT2D eigenvalue weighted by Crippen LogP contribution is -2.54. The van der Waals surface area contributed by atoms with E-state index in [1.54, 1.807) is 0 Å². The summed E-state index contributed by atoms with van der Waals surface area (Å²) in [5, 5.41) is 0. The Balaban J connectivity index is 1.93. The molecule has 4 rings (SSSR count). The Bertz CT molecular complexity index is 563. The third-order valence-corrected chi connectivity index (χ3v) is 5.71. The number of esters is 2. The lowest BCUT2D eigenvalue weighted by molar-refractivity contribution is -0.184. The van der Waals surface area contributed by atoms with Gasteiger partial charge in [0.15, 0.2) is 0 Å². The largest absolute Gasteiger partial charge is 0.458 e. The summed E-state index contributed by atoms with van der Waals surface area (Å²) in [6, 6.07) is 0. The first-order valence-electron chi connectivity index (χ1n) is 8.07. The number of carbonyl (C=O) groups is 2. The first-order chi connectivity index (χ1) is 10.2. The Morgan fingerprint density at radius 3 is 2.82 bits per heavy atom. The lowest BCUT2D eigenvalue weighted by Gasteiger charge is -2.46. The Kier molecular flexibility index (Phi) is 3.28. The lowest BCUT2D eigenvalue weighted by atomic mass is 9.62. The van der Waals surface area contributed by atoms with Gasteiger partial charge >= 0.3 is 17.5 Å². The van der Waals surface area contributed by atoms with Crippen molar-refractivity contribution in [1.29, 1.82) is 0 Å². The van der Waals surface area contributed by atoms with Crippen LogP contribution in [0.15, 0.2) is 0 Å². The molecular formula is C17H23NO4. The second-order valence-corrected chi connectivity index (χ2v) is 7.87. The van der Waals surface area contributed by atoms with Gasteiger partial charge in [-0.1, -0.05) is 6.92 Å². The van der Waals surface area contributed by atoms with E-state index in [1.807, 2.05) is 20.8 Å². The van der Waals surface area contributed by atoms with Crippen LogP contribution in [-0.4, -0.2) is 29.2 Å². The second kappa shape index (κ2) is 4.71. The molecule has 120 valence electrons. The van der Waals surface area contributed by atoms with E-state index < -0.39 is 22.5 Å².